The summed E-state index contributed by atoms with van der Waals surface area (Å²) in [7, 11) is 3.48. The Hall–Kier alpha value is -5.72. The number of fused-ring (bicyclic) bond motifs is 8. The molecule has 6 aromatic rings. The Labute approximate surface area is 355 Å². The molecule has 2 heterocycles. The van der Waals surface area contributed by atoms with E-state index < -0.39 is 5.60 Å². The van der Waals surface area contributed by atoms with E-state index in [9.17, 15) is 0 Å². The fourth-order valence-corrected chi connectivity index (χ4v) is 10.1. The number of hydrogen-bond donors (Lipinski definition) is 0. The Morgan fingerprint density at radius 3 is 1.97 bits per heavy atom. The largest absolute Gasteiger partial charge is 0.497 e. The third-order valence-electron chi connectivity index (χ3n) is 13.0. The first kappa shape index (κ1) is 39.7. The topological polar surface area (TPSA) is 49.4 Å². The molecule has 1 unspecified atom stereocenters. The van der Waals surface area contributed by atoms with Gasteiger partial charge in [0.05, 0.1) is 34.0 Å². The van der Waals surface area contributed by atoms with Gasteiger partial charge in [0.25, 0.3) is 0 Å². The summed E-state index contributed by atoms with van der Waals surface area (Å²) in [5.41, 5.74) is 11.1. The molecule has 1 saturated heterocycles. The van der Waals surface area contributed by atoms with E-state index in [4.69, 9.17) is 23.7 Å². The van der Waals surface area contributed by atoms with Crippen LogP contribution in [0.3, 0.4) is 0 Å². The van der Waals surface area contributed by atoms with Crippen molar-refractivity contribution in [2.24, 2.45) is 0 Å². The predicted molar refractivity (Wildman–Crippen MR) is 245 cm³/mol. The van der Waals surface area contributed by atoms with Gasteiger partial charge in [-0.05, 0) is 125 Å². The molecule has 6 heteroatoms. The Kier molecular flexibility index (Phi) is 11.1. The van der Waals surface area contributed by atoms with E-state index in [1.54, 1.807) is 14.2 Å². The molecule has 1 fully saturated rings. The Bertz CT molecular complexity index is 2490. The third-order valence-corrected chi connectivity index (χ3v) is 13.0. The maximum atomic E-state index is 7.78. The first-order valence-electron chi connectivity index (χ1n) is 22.0. The average molecular weight is 800 g/mol. The van der Waals surface area contributed by atoms with Crippen molar-refractivity contribution in [1.82, 2.24) is 0 Å². The molecule has 0 spiro atoms. The second-order valence-corrected chi connectivity index (χ2v) is 16.5. The van der Waals surface area contributed by atoms with Gasteiger partial charge in [-0.15, -0.1) is 0 Å². The highest BCUT2D eigenvalue weighted by molar-refractivity contribution is 6.09. The average Bonchev–Trinajstić information content (AvgIpc) is 3.58. The van der Waals surface area contributed by atoms with Crippen molar-refractivity contribution in [3.05, 3.63) is 143 Å². The van der Waals surface area contributed by atoms with Crippen molar-refractivity contribution in [3.63, 3.8) is 0 Å². The lowest BCUT2D eigenvalue weighted by molar-refractivity contribution is 0.122. The summed E-state index contributed by atoms with van der Waals surface area (Å²) >= 11 is 0. The number of morpholine rings is 1. The minimum Gasteiger partial charge on any atom is -0.497 e. The lowest BCUT2D eigenvalue weighted by Crippen LogP contribution is -2.37. The van der Waals surface area contributed by atoms with E-state index in [2.05, 4.69) is 147 Å². The number of benzene rings is 6. The van der Waals surface area contributed by atoms with Crippen LogP contribution in [-0.2, 0) is 15.8 Å². The second-order valence-electron chi connectivity index (χ2n) is 16.5. The van der Waals surface area contributed by atoms with E-state index >= 15 is 0 Å². The van der Waals surface area contributed by atoms with Gasteiger partial charge in [-0.1, -0.05) is 94.6 Å². The molecule has 60 heavy (non-hydrogen) atoms. The SMILES string of the molecule is CCCCOc1ccc(C2(c3ccc(N4CCOCC4)cc3)C=Cc3c4c(c5cc(OC)ccc5c3O2)-c2ccc(-c3ccc(OC)cc3)cc2C4(CCC)CCC)cc1. The quantitative estimate of drug-likeness (QED) is 0.102. The molecule has 0 bridgehead atoms. The molecule has 0 saturated carbocycles. The van der Waals surface area contributed by atoms with Crippen LogP contribution in [0.1, 0.15) is 87.1 Å². The fourth-order valence-electron chi connectivity index (χ4n) is 10.1. The van der Waals surface area contributed by atoms with Crippen molar-refractivity contribution in [2.75, 3.05) is 52.0 Å². The highest BCUT2D eigenvalue weighted by atomic mass is 16.5. The highest BCUT2D eigenvalue weighted by Gasteiger charge is 2.48. The summed E-state index contributed by atoms with van der Waals surface area (Å²) in [6, 6.07) is 39.6. The van der Waals surface area contributed by atoms with E-state index in [1.807, 2.05) is 0 Å². The Morgan fingerprint density at radius 1 is 0.650 bits per heavy atom. The molecule has 0 N–H and O–H groups in total. The van der Waals surface area contributed by atoms with Crippen LogP contribution >= 0.6 is 0 Å². The molecule has 1 aliphatic carbocycles. The first-order valence-corrected chi connectivity index (χ1v) is 22.0. The van der Waals surface area contributed by atoms with Crippen LogP contribution in [0.4, 0.5) is 5.69 Å². The summed E-state index contributed by atoms with van der Waals surface area (Å²) in [6.45, 7) is 10.8. The molecule has 9 rings (SSSR count). The van der Waals surface area contributed by atoms with Gasteiger partial charge in [-0.2, -0.15) is 0 Å². The maximum Gasteiger partial charge on any atom is 0.178 e. The molecule has 0 amide bonds. The first-order chi connectivity index (χ1) is 29.5. The zero-order chi connectivity index (χ0) is 41.3. The van der Waals surface area contributed by atoms with Crippen LogP contribution in [0, 0.1) is 0 Å². The van der Waals surface area contributed by atoms with Gasteiger partial charge in [0.15, 0.2) is 5.60 Å². The standard InChI is InChI=1S/C54H57NO5/c1-6-9-32-59-43-21-15-40(16-22-43)54(39-13-17-41(18-14-39)55-30-33-58-34-31-55)29-26-47-51-50(48-36-44(57-5)23-25-45(48)52(47)60-54)46-24-12-38(37-10-19-42(56-4)20-11-37)35-49(46)53(51,27-7-2)28-8-3/h10-26,29,35-36H,6-9,27-28,30-34H2,1-5H3. The van der Waals surface area contributed by atoms with Crippen molar-refractivity contribution < 1.29 is 23.7 Å². The number of unbranched alkanes of at least 4 members (excludes halogenated alkanes) is 1. The minimum atomic E-state index is -0.898. The summed E-state index contributed by atoms with van der Waals surface area (Å²) in [5, 5.41) is 2.24. The third kappa shape index (κ3) is 6.79. The summed E-state index contributed by atoms with van der Waals surface area (Å²) < 4.78 is 31.1. The van der Waals surface area contributed by atoms with Gasteiger partial charge >= 0.3 is 0 Å². The van der Waals surface area contributed by atoms with Crippen molar-refractivity contribution in [1.29, 1.82) is 0 Å². The molecule has 3 aliphatic rings. The van der Waals surface area contributed by atoms with Crippen molar-refractivity contribution in [3.8, 4) is 45.3 Å². The van der Waals surface area contributed by atoms with Crippen LogP contribution in [0.2, 0.25) is 0 Å². The Balaban J connectivity index is 1.26. The van der Waals surface area contributed by atoms with E-state index in [0.717, 1.165) is 110 Å². The van der Waals surface area contributed by atoms with Gasteiger partial charge in [0.2, 0.25) is 0 Å². The lowest BCUT2D eigenvalue weighted by atomic mass is 9.69. The van der Waals surface area contributed by atoms with Crippen molar-refractivity contribution >= 4 is 22.5 Å². The van der Waals surface area contributed by atoms with Crippen LogP contribution in [-0.4, -0.2) is 47.1 Å². The molecular formula is C54H57NO5. The molecule has 1 atom stereocenters. The number of anilines is 1. The molecule has 0 aromatic heterocycles. The zero-order valence-electron chi connectivity index (χ0n) is 35.8. The smallest absolute Gasteiger partial charge is 0.178 e. The van der Waals surface area contributed by atoms with Gasteiger partial charge in [0.1, 0.15) is 23.0 Å². The molecule has 6 nitrogen and oxygen atoms in total. The normalized spacial score (nSPS) is 17.4. The number of rotatable bonds is 14. The predicted octanol–water partition coefficient (Wildman–Crippen LogP) is 12.8. The molecule has 308 valence electrons. The van der Waals surface area contributed by atoms with Crippen molar-refractivity contribution in [2.45, 2.75) is 70.3 Å². The van der Waals surface area contributed by atoms with Gasteiger partial charge in [-0.3, -0.25) is 0 Å². The summed E-state index contributed by atoms with van der Waals surface area (Å²) in [4.78, 5) is 2.40. The zero-order valence-corrected chi connectivity index (χ0v) is 35.8. The lowest BCUT2D eigenvalue weighted by Gasteiger charge is -2.40. The van der Waals surface area contributed by atoms with Gasteiger partial charge < -0.3 is 28.6 Å². The van der Waals surface area contributed by atoms with Crippen LogP contribution < -0.4 is 23.8 Å². The monoisotopic (exact) mass is 799 g/mol. The Morgan fingerprint density at radius 2 is 1.30 bits per heavy atom. The van der Waals surface area contributed by atoms with Crippen LogP contribution in [0.15, 0.2) is 115 Å². The second kappa shape index (κ2) is 16.7. The van der Waals surface area contributed by atoms with E-state index in [0.29, 0.717) is 6.61 Å². The van der Waals surface area contributed by atoms with Gasteiger partial charge in [0, 0.05) is 46.3 Å². The van der Waals surface area contributed by atoms with Crippen LogP contribution in [0.5, 0.6) is 23.0 Å². The number of ether oxygens (including phenoxy) is 5. The number of methoxy groups -OCH3 is 2. The minimum absolute atomic E-state index is 0.219. The molecule has 6 aromatic carbocycles. The molecule has 0 radical (unpaired) electrons. The fraction of sp³-hybridized carbons (Fsp3) is 0.333. The number of hydrogen-bond acceptors (Lipinski definition) is 6. The summed E-state index contributed by atoms with van der Waals surface area (Å²) in [5.74, 6) is 3.47. The molecule has 2 aliphatic heterocycles. The van der Waals surface area contributed by atoms with E-state index in [-0.39, 0.29) is 5.41 Å². The van der Waals surface area contributed by atoms with Gasteiger partial charge in [-0.25, -0.2) is 0 Å². The van der Waals surface area contributed by atoms with E-state index in [1.165, 1.54) is 44.6 Å². The maximum absolute atomic E-state index is 7.78. The van der Waals surface area contributed by atoms with Crippen LogP contribution in [0.25, 0.3) is 39.1 Å². The molecular weight excluding hydrogens is 743 g/mol. The highest BCUT2D eigenvalue weighted by Crippen LogP contribution is 2.61. The number of nitrogens with zero attached hydrogens (tertiary/aromatic N) is 1. The summed E-state index contributed by atoms with van der Waals surface area (Å²) in [6.07, 6.45) is 11.0.